The van der Waals surface area contributed by atoms with E-state index < -0.39 is 0 Å². The fourth-order valence-corrected chi connectivity index (χ4v) is 3.18. The molecule has 1 fully saturated rings. The molecule has 1 saturated heterocycles. The molecule has 1 heterocycles. The van der Waals surface area contributed by atoms with Gasteiger partial charge in [-0.2, -0.15) is 0 Å². The van der Waals surface area contributed by atoms with Gasteiger partial charge in [-0.1, -0.05) is 24.3 Å². The Balaban J connectivity index is 1.47. The summed E-state index contributed by atoms with van der Waals surface area (Å²) < 4.78 is 18.0. The van der Waals surface area contributed by atoms with Crippen LogP contribution in [0.15, 0.2) is 48.5 Å². The average molecular weight is 370 g/mol. The minimum absolute atomic E-state index is 0.00972. The van der Waals surface area contributed by atoms with Gasteiger partial charge in [0.1, 0.15) is 11.6 Å². The van der Waals surface area contributed by atoms with Crippen molar-refractivity contribution >= 4 is 11.8 Å². The van der Waals surface area contributed by atoms with Gasteiger partial charge in [0.25, 0.3) is 0 Å². The predicted molar refractivity (Wildman–Crippen MR) is 99.6 cm³/mol. The number of nitrogens with zero attached hydrogens (tertiary/aromatic N) is 1. The number of carbonyl (C=O) groups is 2. The Labute approximate surface area is 158 Å². The van der Waals surface area contributed by atoms with E-state index >= 15 is 0 Å². The number of hydrogen-bond donors (Lipinski definition) is 1. The quantitative estimate of drug-likeness (QED) is 0.815. The van der Waals surface area contributed by atoms with Crippen LogP contribution in [0.4, 0.5) is 4.39 Å². The van der Waals surface area contributed by atoms with Gasteiger partial charge in [0.2, 0.25) is 11.8 Å². The summed E-state index contributed by atoms with van der Waals surface area (Å²) in [6, 6.07) is 13.8. The highest BCUT2D eigenvalue weighted by Crippen LogP contribution is 2.21. The molecule has 3 rings (SSSR count). The third-order valence-electron chi connectivity index (χ3n) is 4.74. The van der Waals surface area contributed by atoms with Crippen LogP contribution in [0.25, 0.3) is 0 Å². The molecule has 2 aromatic carbocycles. The summed E-state index contributed by atoms with van der Waals surface area (Å²) in [5, 5.41) is 2.88. The van der Waals surface area contributed by atoms with Gasteiger partial charge in [0, 0.05) is 26.1 Å². The molecule has 0 spiro atoms. The van der Waals surface area contributed by atoms with Crippen LogP contribution in [0, 0.1) is 11.7 Å². The lowest BCUT2D eigenvalue weighted by atomic mass is 10.1. The molecule has 1 aliphatic heterocycles. The minimum atomic E-state index is -0.330. The molecule has 2 amide bonds. The van der Waals surface area contributed by atoms with Crippen LogP contribution < -0.4 is 10.1 Å². The molecule has 5 nitrogen and oxygen atoms in total. The number of hydrogen-bond acceptors (Lipinski definition) is 3. The van der Waals surface area contributed by atoms with Crippen molar-refractivity contribution in [2.75, 3.05) is 20.2 Å². The van der Waals surface area contributed by atoms with Gasteiger partial charge in [-0.3, -0.25) is 9.59 Å². The number of methoxy groups -OCH3 is 1. The Bertz CT molecular complexity index is 790. The molecule has 142 valence electrons. The maximum atomic E-state index is 12.9. The molecule has 1 N–H and O–H groups in total. The number of nitrogens with one attached hydrogen (secondary N) is 1. The maximum absolute atomic E-state index is 12.9. The number of likely N-dealkylation sites (tertiary alicyclic amines) is 1. The summed E-state index contributed by atoms with van der Waals surface area (Å²) in [4.78, 5) is 26.3. The smallest absolute Gasteiger partial charge is 0.225 e. The Morgan fingerprint density at radius 3 is 2.48 bits per heavy atom. The molecular weight excluding hydrogens is 347 g/mol. The molecule has 6 heteroatoms. The first kappa shape index (κ1) is 18.9. The van der Waals surface area contributed by atoms with Gasteiger partial charge >= 0.3 is 0 Å². The van der Waals surface area contributed by atoms with Gasteiger partial charge in [0.15, 0.2) is 0 Å². The number of halogens is 1. The number of amides is 2. The third-order valence-corrected chi connectivity index (χ3v) is 4.74. The van der Waals surface area contributed by atoms with Crippen LogP contribution in [0.5, 0.6) is 5.75 Å². The first-order valence-electron chi connectivity index (χ1n) is 8.98. The fourth-order valence-electron chi connectivity index (χ4n) is 3.18. The van der Waals surface area contributed by atoms with Gasteiger partial charge in [-0.05, 0) is 41.8 Å². The van der Waals surface area contributed by atoms with Crippen LogP contribution >= 0.6 is 0 Å². The lowest BCUT2D eigenvalue weighted by Crippen LogP contribution is -2.34. The van der Waals surface area contributed by atoms with Gasteiger partial charge in [0.05, 0.1) is 13.0 Å². The summed E-state index contributed by atoms with van der Waals surface area (Å²) in [5.74, 6) is 0.0465. The lowest BCUT2D eigenvalue weighted by molar-refractivity contribution is -0.129. The summed E-state index contributed by atoms with van der Waals surface area (Å²) >= 11 is 0. The Kier molecular flexibility index (Phi) is 6.06. The Hall–Kier alpha value is -2.89. The first-order chi connectivity index (χ1) is 13.0. The zero-order valence-electron chi connectivity index (χ0n) is 15.3. The SMILES string of the molecule is COc1ccc(CN2CC(C(=O)NCCc3ccc(F)cc3)CC2=O)cc1. The van der Waals surface area contributed by atoms with E-state index in [9.17, 15) is 14.0 Å². The molecule has 1 aliphatic rings. The molecule has 0 aliphatic carbocycles. The fraction of sp³-hybridized carbons (Fsp3) is 0.333. The van der Waals surface area contributed by atoms with Crippen LogP contribution in [-0.4, -0.2) is 36.9 Å². The standard InChI is InChI=1S/C21H23FN2O3/c1-27-19-8-4-16(5-9-19)13-24-14-17(12-20(24)25)21(26)23-11-10-15-2-6-18(22)7-3-15/h2-9,17H,10-14H2,1H3,(H,23,26). The highest BCUT2D eigenvalue weighted by Gasteiger charge is 2.33. The molecule has 0 aromatic heterocycles. The van der Waals surface area contributed by atoms with E-state index in [4.69, 9.17) is 4.74 Å². The normalized spacial score (nSPS) is 16.4. The molecule has 0 bridgehead atoms. The van der Waals surface area contributed by atoms with Gasteiger partial charge < -0.3 is 15.0 Å². The van der Waals surface area contributed by atoms with Crippen LogP contribution in [-0.2, 0) is 22.6 Å². The lowest BCUT2D eigenvalue weighted by Gasteiger charge is -2.17. The predicted octanol–water partition coefficient (Wildman–Crippen LogP) is 2.54. The van der Waals surface area contributed by atoms with Crippen molar-refractivity contribution < 1.29 is 18.7 Å². The van der Waals surface area contributed by atoms with E-state index in [0.29, 0.717) is 26.1 Å². The average Bonchev–Trinajstić information content (AvgIpc) is 3.04. The van der Waals surface area contributed by atoms with Crippen molar-refractivity contribution in [3.05, 3.63) is 65.5 Å². The molecule has 1 unspecified atom stereocenters. The highest BCUT2D eigenvalue weighted by molar-refractivity contribution is 5.89. The zero-order valence-corrected chi connectivity index (χ0v) is 15.3. The number of carbonyl (C=O) groups excluding carboxylic acids is 2. The summed E-state index contributed by atoms with van der Waals surface area (Å²) in [6.45, 7) is 1.38. The number of ether oxygens (including phenoxy) is 1. The molecule has 27 heavy (non-hydrogen) atoms. The molecule has 0 saturated carbocycles. The third kappa shape index (κ3) is 5.06. The Morgan fingerprint density at radius 2 is 1.81 bits per heavy atom. The first-order valence-corrected chi connectivity index (χ1v) is 8.98. The van der Waals surface area contributed by atoms with E-state index in [0.717, 1.165) is 16.9 Å². The molecular formula is C21H23FN2O3. The largest absolute Gasteiger partial charge is 0.497 e. The van der Waals surface area contributed by atoms with Crippen molar-refractivity contribution in [1.29, 1.82) is 0 Å². The van der Waals surface area contributed by atoms with E-state index in [1.165, 1.54) is 12.1 Å². The van der Waals surface area contributed by atoms with Crippen molar-refractivity contribution in [1.82, 2.24) is 10.2 Å². The van der Waals surface area contributed by atoms with E-state index in [1.54, 1.807) is 24.1 Å². The van der Waals surface area contributed by atoms with Gasteiger partial charge in [-0.25, -0.2) is 4.39 Å². The molecule has 2 aromatic rings. The van der Waals surface area contributed by atoms with E-state index in [1.807, 2.05) is 24.3 Å². The molecule has 0 radical (unpaired) electrons. The van der Waals surface area contributed by atoms with Crippen molar-refractivity contribution in [2.24, 2.45) is 5.92 Å². The van der Waals surface area contributed by atoms with Crippen molar-refractivity contribution in [3.63, 3.8) is 0 Å². The zero-order chi connectivity index (χ0) is 19.2. The number of rotatable bonds is 7. The van der Waals surface area contributed by atoms with Crippen molar-refractivity contribution in [3.8, 4) is 5.75 Å². The van der Waals surface area contributed by atoms with Crippen molar-refractivity contribution in [2.45, 2.75) is 19.4 Å². The number of benzene rings is 2. The minimum Gasteiger partial charge on any atom is -0.497 e. The summed E-state index contributed by atoms with van der Waals surface area (Å²) in [5.41, 5.74) is 1.96. The highest BCUT2D eigenvalue weighted by atomic mass is 19.1. The van der Waals surface area contributed by atoms with Crippen LogP contribution in [0.2, 0.25) is 0 Å². The summed E-state index contributed by atoms with van der Waals surface area (Å²) in [7, 11) is 1.61. The second kappa shape index (κ2) is 8.66. The second-order valence-corrected chi connectivity index (χ2v) is 6.69. The molecule has 1 atom stereocenters. The van der Waals surface area contributed by atoms with Crippen LogP contribution in [0.3, 0.4) is 0 Å². The second-order valence-electron chi connectivity index (χ2n) is 6.69. The topological polar surface area (TPSA) is 58.6 Å². The van der Waals surface area contributed by atoms with Crippen LogP contribution in [0.1, 0.15) is 17.5 Å². The van der Waals surface area contributed by atoms with Gasteiger partial charge in [-0.15, -0.1) is 0 Å². The Morgan fingerprint density at radius 1 is 1.15 bits per heavy atom. The summed E-state index contributed by atoms with van der Waals surface area (Å²) in [6.07, 6.45) is 0.862. The monoisotopic (exact) mass is 370 g/mol. The van der Waals surface area contributed by atoms with E-state index in [2.05, 4.69) is 5.32 Å². The van der Waals surface area contributed by atoms with E-state index in [-0.39, 0.29) is 30.0 Å². The maximum Gasteiger partial charge on any atom is 0.225 e.